The molecule has 0 heterocycles. The van der Waals surface area contributed by atoms with E-state index in [-0.39, 0.29) is 5.56 Å². The van der Waals surface area contributed by atoms with E-state index < -0.39 is 24.4 Å². The fourth-order valence-corrected chi connectivity index (χ4v) is 2.28. The van der Waals surface area contributed by atoms with Gasteiger partial charge < -0.3 is 5.73 Å². The molecule has 0 unspecified atom stereocenters. The fourth-order valence-electron chi connectivity index (χ4n) is 2.16. The minimum atomic E-state index is -3.20. The first-order valence-corrected chi connectivity index (χ1v) is 7.38. The van der Waals surface area contributed by atoms with Crippen LogP contribution in [0.4, 0.5) is 8.78 Å². The van der Waals surface area contributed by atoms with E-state index in [2.05, 4.69) is 5.32 Å². The van der Waals surface area contributed by atoms with Crippen LogP contribution in [0.1, 0.15) is 22.7 Å². The van der Waals surface area contributed by atoms with Gasteiger partial charge in [0.2, 0.25) is 5.91 Å². The zero-order valence-corrected chi connectivity index (χ0v) is 13.2. The van der Waals surface area contributed by atoms with E-state index in [4.69, 9.17) is 22.6 Å². The van der Waals surface area contributed by atoms with E-state index in [1.165, 1.54) is 48.5 Å². The number of hydrogen-bond donors (Lipinski definition) is 2. The topological polar surface area (TPSA) is 78.9 Å². The normalized spacial score (nSPS) is 12.4. The van der Waals surface area contributed by atoms with Gasteiger partial charge in [-0.15, -0.1) is 0 Å². The molecular weight excluding hydrogens is 336 g/mol. The molecule has 0 fully saturated rings. The van der Waals surface area contributed by atoms with Crippen LogP contribution in [0.25, 0.3) is 0 Å². The molecule has 0 aromatic heterocycles. The standard InChI is InChI=1S/C17H14ClF2N3O/c18-14-7-5-13(6-8-14)17(19,20)10-23-15(16(22)24)12-3-1-11(9-21)2-4-12/h1-8,15,23H,10H2,(H2,22,24)/t15-/m1/s1. The Balaban J connectivity index is 2.14. The van der Waals surface area contributed by atoms with E-state index in [1.54, 1.807) is 0 Å². The van der Waals surface area contributed by atoms with Crippen molar-refractivity contribution in [2.75, 3.05) is 6.54 Å². The summed E-state index contributed by atoms with van der Waals surface area (Å²) in [5.41, 5.74) is 5.89. The van der Waals surface area contributed by atoms with Gasteiger partial charge in [-0.3, -0.25) is 10.1 Å². The Kier molecular flexibility index (Phi) is 5.50. The largest absolute Gasteiger partial charge is 0.368 e. The van der Waals surface area contributed by atoms with Gasteiger partial charge in [0.05, 0.1) is 18.2 Å². The number of carbonyl (C=O) groups is 1. The third-order valence-electron chi connectivity index (χ3n) is 3.45. The molecule has 0 aliphatic heterocycles. The van der Waals surface area contributed by atoms with Gasteiger partial charge in [0, 0.05) is 10.6 Å². The molecule has 0 saturated heterocycles. The van der Waals surface area contributed by atoms with Crippen LogP contribution >= 0.6 is 11.6 Å². The lowest BCUT2D eigenvalue weighted by Crippen LogP contribution is -2.39. The van der Waals surface area contributed by atoms with Gasteiger partial charge in [-0.25, -0.2) is 0 Å². The van der Waals surface area contributed by atoms with E-state index >= 15 is 0 Å². The van der Waals surface area contributed by atoms with E-state index in [0.717, 1.165) is 0 Å². The average molecular weight is 350 g/mol. The van der Waals surface area contributed by atoms with Gasteiger partial charge in [0.15, 0.2) is 0 Å². The van der Waals surface area contributed by atoms with E-state index in [9.17, 15) is 13.6 Å². The molecule has 2 aromatic carbocycles. The Hall–Kier alpha value is -2.49. The number of halogens is 3. The number of rotatable bonds is 6. The molecule has 2 aromatic rings. The summed E-state index contributed by atoms with van der Waals surface area (Å²) in [5.74, 6) is -3.99. The fraction of sp³-hybridized carbons (Fsp3) is 0.176. The number of nitrogens with two attached hydrogens (primary N) is 1. The lowest BCUT2D eigenvalue weighted by Gasteiger charge is -2.22. The summed E-state index contributed by atoms with van der Waals surface area (Å²) in [7, 11) is 0. The molecule has 2 rings (SSSR count). The van der Waals surface area contributed by atoms with E-state index in [1.807, 2.05) is 6.07 Å². The zero-order valence-electron chi connectivity index (χ0n) is 12.5. The van der Waals surface area contributed by atoms with Crippen molar-refractivity contribution in [1.29, 1.82) is 5.26 Å². The molecule has 1 amide bonds. The molecule has 0 aliphatic rings. The summed E-state index contributed by atoms with van der Waals surface area (Å²) in [6.07, 6.45) is 0. The van der Waals surface area contributed by atoms with Crippen molar-refractivity contribution in [1.82, 2.24) is 5.32 Å². The predicted octanol–water partition coefficient (Wildman–Crippen LogP) is 3.12. The Labute approximate surface area is 142 Å². The molecule has 0 saturated carbocycles. The van der Waals surface area contributed by atoms with Crippen molar-refractivity contribution >= 4 is 17.5 Å². The molecule has 0 radical (unpaired) electrons. The monoisotopic (exact) mass is 349 g/mol. The second-order valence-corrected chi connectivity index (χ2v) is 5.60. The van der Waals surface area contributed by atoms with Crippen molar-refractivity contribution in [3.8, 4) is 6.07 Å². The highest BCUT2D eigenvalue weighted by Crippen LogP contribution is 2.29. The van der Waals surface area contributed by atoms with Crippen LogP contribution in [0.5, 0.6) is 0 Å². The number of nitriles is 1. The summed E-state index contributed by atoms with van der Waals surface area (Å²) >= 11 is 5.69. The second kappa shape index (κ2) is 7.39. The number of amides is 1. The number of carbonyl (C=O) groups excluding carboxylic acids is 1. The maximum Gasteiger partial charge on any atom is 0.285 e. The summed E-state index contributed by atoms with van der Waals surface area (Å²) < 4.78 is 28.5. The van der Waals surface area contributed by atoms with Gasteiger partial charge in [-0.1, -0.05) is 35.9 Å². The van der Waals surface area contributed by atoms with Gasteiger partial charge in [-0.05, 0) is 29.8 Å². The van der Waals surface area contributed by atoms with Crippen LogP contribution < -0.4 is 11.1 Å². The van der Waals surface area contributed by atoms with Gasteiger partial charge in [0.1, 0.15) is 6.04 Å². The highest BCUT2D eigenvalue weighted by Gasteiger charge is 2.33. The zero-order chi connectivity index (χ0) is 17.7. The molecule has 4 nitrogen and oxygen atoms in total. The Bertz CT molecular complexity index is 755. The van der Waals surface area contributed by atoms with Gasteiger partial charge in [-0.2, -0.15) is 14.0 Å². The molecule has 0 bridgehead atoms. The average Bonchev–Trinajstić information content (AvgIpc) is 2.55. The third-order valence-corrected chi connectivity index (χ3v) is 3.70. The Morgan fingerprint density at radius 2 is 1.79 bits per heavy atom. The lowest BCUT2D eigenvalue weighted by atomic mass is 10.0. The molecule has 7 heteroatoms. The number of primary amides is 1. The Morgan fingerprint density at radius 3 is 2.29 bits per heavy atom. The van der Waals surface area contributed by atoms with Crippen LogP contribution in [0.3, 0.4) is 0 Å². The molecule has 0 spiro atoms. The SMILES string of the molecule is N#Cc1ccc([C@@H](NCC(F)(F)c2ccc(Cl)cc2)C(N)=O)cc1. The molecule has 124 valence electrons. The van der Waals surface area contributed by atoms with Crippen LogP contribution in [-0.2, 0) is 10.7 Å². The Morgan fingerprint density at radius 1 is 1.21 bits per heavy atom. The second-order valence-electron chi connectivity index (χ2n) is 5.16. The maximum atomic E-state index is 14.2. The summed E-state index contributed by atoms with van der Waals surface area (Å²) in [4.78, 5) is 11.6. The minimum Gasteiger partial charge on any atom is -0.368 e. The van der Waals surface area contributed by atoms with Crippen LogP contribution in [0.15, 0.2) is 48.5 Å². The number of nitrogens with one attached hydrogen (secondary N) is 1. The number of nitrogens with zero attached hydrogens (tertiary/aromatic N) is 1. The first-order valence-electron chi connectivity index (χ1n) is 7.00. The molecular formula is C17H14ClF2N3O. The summed E-state index contributed by atoms with van der Waals surface area (Å²) in [6, 6.07) is 12.0. The first-order chi connectivity index (χ1) is 11.3. The van der Waals surface area contributed by atoms with Gasteiger partial charge >= 0.3 is 0 Å². The van der Waals surface area contributed by atoms with Crippen molar-refractivity contribution < 1.29 is 13.6 Å². The summed E-state index contributed by atoms with van der Waals surface area (Å²) in [6.45, 7) is -0.776. The number of alkyl halides is 2. The molecule has 1 atom stereocenters. The highest BCUT2D eigenvalue weighted by atomic mass is 35.5. The van der Waals surface area contributed by atoms with Crippen molar-refractivity contribution in [2.24, 2.45) is 5.73 Å². The smallest absolute Gasteiger partial charge is 0.285 e. The first kappa shape index (κ1) is 17.9. The minimum absolute atomic E-state index is 0.220. The number of hydrogen-bond acceptors (Lipinski definition) is 3. The highest BCUT2D eigenvalue weighted by molar-refractivity contribution is 6.30. The van der Waals surface area contributed by atoms with Crippen LogP contribution in [-0.4, -0.2) is 12.5 Å². The predicted molar refractivity (Wildman–Crippen MR) is 86.4 cm³/mol. The van der Waals surface area contributed by atoms with Crippen molar-refractivity contribution in [3.05, 3.63) is 70.2 Å². The van der Waals surface area contributed by atoms with Crippen LogP contribution in [0, 0.1) is 11.3 Å². The molecule has 24 heavy (non-hydrogen) atoms. The maximum absolute atomic E-state index is 14.2. The quantitative estimate of drug-likeness (QED) is 0.841. The van der Waals surface area contributed by atoms with Crippen LogP contribution in [0.2, 0.25) is 5.02 Å². The van der Waals surface area contributed by atoms with E-state index in [0.29, 0.717) is 16.1 Å². The third kappa shape index (κ3) is 4.28. The summed E-state index contributed by atoms with van der Waals surface area (Å²) in [5, 5.41) is 11.6. The molecule has 3 N–H and O–H groups in total. The number of benzene rings is 2. The van der Waals surface area contributed by atoms with Gasteiger partial charge in [0.25, 0.3) is 5.92 Å². The lowest BCUT2D eigenvalue weighted by molar-refractivity contribution is -0.120. The van der Waals surface area contributed by atoms with Crippen molar-refractivity contribution in [3.63, 3.8) is 0 Å². The molecule has 0 aliphatic carbocycles. The van der Waals surface area contributed by atoms with Crippen molar-refractivity contribution in [2.45, 2.75) is 12.0 Å².